The SMILES string of the molecule is CC(O)C1CCN(C(=O)OCc2ccccc2)C1. The zero-order chi connectivity index (χ0) is 13.0. The molecular formula is C14H19NO3. The lowest BCUT2D eigenvalue weighted by Crippen LogP contribution is -2.30. The summed E-state index contributed by atoms with van der Waals surface area (Å²) in [6.45, 7) is 3.33. The quantitative estimate of drug-likeness (QED) is 0.891. The topological polar surface area (TPSA) is 49.8 Å². The van der Waals surface area contributed by atoms with Gasteiger partial charge in [0.15, 0.2) is 0 Å². The Labute approximate surface area is 107 Å². The summed E-state index contributed by atoms with van der Waals surface area (Å²) in [4.78, 5) is 13.5. The second-order valence-corrected chi connectivity index (χ2v) is 4.78. The summed E-state index contributed by atoms with van der Waals surface area (Å²) in [5, 5.41) is 9.48. The lowest BCUT2D eigenvalue weighted by molar-refractivity contribution is 0.0947. The Balaban J connectivity index is 1.79. The van der Waals surface area contributed by atoms with E-state index in [-0.39, 0.29) is 18.1 Å². The van der Waals surface area contributed by atoms with E-state index in [1.54, 1.807) is 11.8 Å². The monoisotopic (exact) mass is 249 g/mol. The fraction of sp³-hybridized carbons (Fsp3) is 0.500. The lowest BCUT2D eigenvalue weighted by Gasteiger charge is -2.17. The third-order valence-electron chi connectivity index (χ3n) is 3.37. The maximum absolute atomic E-state index is 11.8. The predicted octanol–water partition coefficient (Wildman–Crippen LogP) is 2.03. The van der Waals surface area contributed by atoms with Gasteiger partial charge in [0.25, 0.3) is 0 Å². The summed E-state index contributed by atoms with van der Waals surface area (Å²) < 4.78 is 5.25. The summed E-state index contributed by atoms with van der Waals surface area (Å²) in [7, 11) is 0. The van der Waals surface area contributed by atoms with Crippen molar-refractivity contribution in [2.24, 2.45) is 5.92 Å². The summed E-state index contributed by atoms with van der Waals surface area (Å²) in [6, 6.07) is 9.62. The van der Waals surface area contributed by atoms with Crippen molar-refractivity contribution in [3.63, 3.8) is 0 Å². The molecule has 1 heterocycles. The fourth-order valence-corrected chi connectivity index (χ4v) is 2.16. The number of likely N-dealkylation sites (tertiary alicyclic amines) is 1. The molecule has 0 radical (unpaired) electrons. The van der Waals surface area contributed by atoms with Crippen LogP contribution in [0.3, 0.4) is 0 Å². The Morgan fingerprint density at radius 3 is 2.83 bits per heavy atom. The molecule has 1 aromatic rings. The number of hydrogen-bond donors (Lipinski definition) is 1. The highest BCUT2D eigenvalue weighted by Gasteiger charge is 2.29. The van der Waals surface area contributed by atoms with Gasteiger partial charge in [-0.15, -0.1) is 0 Å². The fourth-order valence-electron chi connectivity index (χ4n) is 2.16. The van der Waals surface area contributed by atoms with Crippen molar-refractivity contribution in [1.82, 2.24) is 4.90 Å². The van der Waals surface area contributed by atoms with Gasteiger partial charge in [-0.2, -0.15) is 0 Å². The smallest absolute Gasteiger partial charge is 0.410 e. The van der Waals surface area contributed by atoms with Crippen molar-refractivity contribution < 1.29 is 14.6 Å². The van der Waals surface area contributed by atoms with Crippen LogP contribution in [0.4, 0.5) is 4.79 Å². The molecule has 1 aliphatic heterocycles. The Bertz CT molecular complexity index is 391. The average molecular weight is 249 g/mol. The van der Waals surface area contributed by atoms with E-state index < -0.39 is 0 Å². The number of aliphatic hydroxyl groups is 1. The van der Waals surface area contributed by atoms with Gasteiger partial charge in [-0.1, -0.05) is 30.3 Å². The van der Waals surface area contributed by atoms with E-state index in [2.05, 4.69) is 0 Å². The van der Waals surface area contributed by atoms with E-state index in [0.717, 1.165) is 12.0 Å². The Morgan fingerprint density at radius 1 is 1.50 bits per heavy atom. The number of ether oxygens (including phenoxy) is 1. The number of aliphatic hydroxyl groups excluding tert-OH is 1. The summed E-state index contributed by atoms with van der Waals surface area (Å²) >= 11 is 0. The van der Waals surface area contributed by atoms with Crippen LogP contribution in [0, 0.1) is 5.92 Å². The third kappa shape index (κ3) is 3.23. The molecule has 1 fully saturated rings. The van der Waals surface area contributed by atoms with Crippen LogP contribution in [0.1, 0.15) is 18.9 Å². The maximum Gasteiger partial charge on any atom is 0.410 e. The van der Waals surface area contributed by atoms with Gasteiger partial charge < -0.3 is 14.7 Å². The molecule has 2 rings (SSSR count). The molecule has 2 unspecified atom stereocenters. The van der Waals surface area contributed by atoms with Crippen molar-refractivity contribution >= 4 is 6.09 Å². The summed E-state index contributed by atoms with van der Waals surface area (Å²) in [5.74, 6) is 0.175. The molecule has 98 valence electrons. The molecule has 1 aromatic carbocycles. The molecule has 2 atom stereocenters. The second-order valence-electron chi connectivity index (χ2n) is 4.78. The second kappa shape index (κ2) is 5.87. The molecule has 1 aliphatic rings. The van der Waals surface area contributed by atoms with Crippen LogP contribution in [0.25, 0.3) is 0 Å². The van der Waals surface area contributed by atoms with Crippen LogP contribution >= 0.6 is 0 Å². The molecular weight excluding hydrogens is 230 g/mol. The van der Waals surface area contributed by atoms with Crippen molar-refractivity contribution in [1.29, 1.82) is 0 Å². The molecule has 1 saturated heterocycles. The largest absolute Gasteiger partial charge is 0.445 e. The van der Waals surface area contributed by atoms with Gasteiger partial charge in [0, 0.05) is 19.0 Å². The molecule has 0 aliphatic carbocycles. The molecule has 4 nitrogen and oxygen atoms in total. The summed E-state index contributed by atoms with van der Waals surface area (Å²) in [5.41, 5.74) is 0.983. The number of rotatable bonds is 3. The minimum Gasteiger partial charge on any atom is -0.445 e. The Morgan fingerprint density at radius 2 is 2.22 bits per heavy atom. The highest BCUT2D eigenvalue weighted by Crippen LogP contribution is 2.20. The van der Waals surface area contributed by atoms with Crippen LogP contribution in [0.2, 0.25) is 0 Å². The van der Waals surface area contributed by atoms with Gasteiger partial charge in [0.2, 0.25) is 0 Å². The van der Waals surface area contributed by atoms with Gasteiger partial charge in [0.05, 0.1) is 6.10 Å². The molecule has 0 bridgehead atoms. The minimum absolute atomic E-state index is 0.175. The van der Waals surface area contributed by atoms with E-state index in [9.17, 15) is 9.90 Å². The highest BCUT2D eigenvalue weighted by molar-refractivity contribution is 5.68. The first-order valence-corrected chi connectivity index (χ1v) is 6.30. The van der Waals surface area contributed by atoms with E-state index >= 15 is 0 Å². The minimum atomic E-state index is -0.364. The summed E-state index contributed by atoms with van der Waals surface area (Å²) in [6.07, 6.45) is 0.192. The molecule has 4 heteroatoms. The first-order valence-electron chi connectivity index (χ1n) is 6.30. The van der Waals surface area contributed by atoms with E-state index in [4.69, 9.17) is 4.74 Å². The van der Waals surface area contributed by atoms with E-state index in [1.165, 1.54) is 0 Å². The average Bonchev–Trinajstić information content (AvgIpc) is 2.87. The molecule has 0 aromatic heterocycles. The number of hydrogen-bond acceptors (Lipinski definition) is 3. The third-order valence-corrected chi connectivity index (χ3v) is 3.37. The van der Waals surface area contributed by atoms with Gasteiger partial charge in [-0.05, 0) is 18.9 Å². The van der Waals surface area contributed by atoms with Crippen molar-refractivity contribution in [3.05, 3.63) is 35.9 Å². The molecule has 0 spiro atoms. The van der Waals surface area contributed by atoms with Crippen LogP contribution in [0.5, 0.6) is 0 Å². The van der Waals surface area contributed by atoms with Crippen LogP contribution < -0.4 is 0 Å². The first-order chi connectivity index (χ1) is 8.66. The van der Waals surface area contributed by atoms with Crippen molar-refractivity contribution in [2.45, 2.75) is 26.1 Å². The zero-order valence-corrected chi connectivity index (χ0v) is 10.6. The number of carbonyl (C=O) groups is 1. The zero-order valence-electron chi connectivity index (χ0n) is 10.6. The van der Waals surface area contributed by atoms with Crippen LogP contribution in [0.15, 0.2) is 30.3 Å². The molecule has 1 amide bonds. The maximum atomic E-state index is 11.8. The standard InChI is InChI=1S/C14H19NO3/c1-11(16)13-7-8-15(9-13)14(17)18-10-12-5-3-2-4-6-12/h2-6,11,13,16H,7-10H2,1H3. The van der Waals surface area contributed by atoms with Crippen molar-refractivity contribution in [2.75, 3.05) is 13.1 Å². The number of benzene rings is 1. The number of carbonyl (C=O) groups excluding carboxylic acids is 1. The lowest BCUT2D eigenvalue weighted by atomic mass is 10.0. The number of nitrogens with zero attached hydrogens (tertiary/aromatic N) is 1. The predicted molar refractivity (Wildman–Crippen MR) is 68.0 cm³/mol. The molecule has 1 N–H and O–H groups in total. The molecule has 0 saturated carbocycles. The van der Waals surface area contributed by atoms with Gasteiger partial charge in [-0.3, -0.25) is 0 Å². The normalized spacial score (nSPS) is 20.8. The van der Waals surface area contributed by atoms with E-state index in [1.807, 2.05) is 30.3 Å². The Hall–Kier alpha value is -1.55. The highest BCUT2D eigenvalue weighted by atomic mass is 16.6. The molecule has 18 heavy (non-hydrogen) atoms. The first kappa shape index (κ1) is 12.9. The van der Waals surface area contributed by atoms with Crippen LogP contribution in [-0.4, -0.2) is 35.3 Å². The van der Waals surface area contributed by atoms with E-state index in [0.29, 0.717) is 19.7 Å². The van der Waals surface area contributed by atoms with Gasteiger partial charge in [0.1, 0.15) is 6.61 Å². The van der Waals surface area contributed by atoms with Crippen molar-refractivity contribution in [3.8, 4) is 0 Å². The van der Waals surface area contributed by atoms with Gasteiger partial charge >= 0.3 is 6.09 Å². The Kier molecular flexibility index (Phi) is 4.20. The number of amides is 1. The van der Waals surface area contributed by atoms with Gasteiger partial charge in [-0.25, -0.2) is 4.79 Å². The van der Waals surface area contributed by atoms with Crippen LogP contribution in [-0.2, 0) is 11.3 Å².